The van der Waals surface area contributed by atoms with Crippen molar-refractivity contribution in [2.24, 2.45) is 0 Å². The number of anilines is 1. The van der Waals surface area contributed by atoms with Gasteiger partial charge in [0.1, 0.15) is 0 Å². The SMILES string of the molecule is CN(C)CC(NC(=O)c1cccc(N)c1)c1ccccc1. The second-order valence-corrected chi connectivity index (χ2v) is 5.32. The maximum absolute atomic E-state index is 12.4. The number of carbonyl (C=O) groups excluding carboxylic acids is 1. The van der Waals surface area contributed by atoms with Crippen molar-refractivity contribution < 1.29 is 4.79 Å². The minimum atomic E-state index is -0.113. The van der Waals surface area contributed by atoms with E-state index in [1.807, 2.05) is 44.4 Å². The van der Waals surface area contributed by atoms with Crippen molar-refractivity contribution in [2.45, 2.75) is 6.04 Å². The second-order valence-electron chi connectivity index (χ2n) is 5.32. The molecule has 0 fully saturated rings. The van der Waals surface area contributed by atoms with E-state index >= 15 is 0 Å². The zero-order valence-corrected chi connectivity index (χ0v) is 12.4. The summed E-state index contributed by atoms with van der Waals surface area (Å²) in [4.78, 5) is 14.4. The Bertz CT molecular complexity index is 596. The van der Waals surface area contributed by atoms with Gasteiger partial charge in [0.2, 0.25) is 0 Å². The van der Waals surface area contributed by atoms with Crippen molar-refractivity contribution in [1.29, 1.82) is 0 Å². The normalized spacial score (nSPS) is 12.1. The van der Waals surface area contributed by atoms with Crippen LogP contribution < -0.4 is 11.1 Å². The molecule has 0 aliphatic heterocycles. The predicted molar refractivity (Wildman–Crippen MR) is 86.1 cm³/mol. The summed E-state index contributed by atoms with van der Waals surface area (Å²) < 4.78 is 0. The number of hydrogen-bond acceptors (Lipinski definition) is 3. The van der Waals surface area contributed by atoms with Gasteiger partial charge in [0.05, 0.1) is 6.04 Å². The van der Waals surface area contributed by atoms with E-state index in [4.69, 9.17) is 5.73 Å². The van der Waals surface area contributed by atoms with Crippen LogP contribution in [0.25, 0.3) is 0 Å². The number of benzene rings is 2. The van der Waals surface area contributed by atoms with Crippen LogP contribution in [0.3, 0.4) is 0 Å². The van der Waals surface area contributed by atoms with Crippen LogP contribution in [0.2, 0.25) is 0 Å². The maximum atomic E-state index is 12.4. The average Bonchev–Trinajstić information content (AvgIpc) is 2.47. The second kappa shape index (κ2) is 6.90. The molecule has 110 valence electrons. The first kappa shape index (κ1) is 15.1. The van der Waals surface area contributed by atoms with Gasteiger partial charge in [-0.2, -0.15) is 0 Å². The minimum Gasteiger partial charge on any atom is -0.399 e. The molecule has 4 nitrogen and oxygen atoms in total. The van der Waals surface area contributed by atoms with Gasteiger partial charge in [0, 0.05) is 17.8 Å². The van der Waals surface area contributed by atoms with E-state index in [0.717, 1.165) is 12.1 Å². The number of nitrogens with zero attached hydrogens (tertiary/aromatic N) is 1. The van der Waals surface area contributed by atoms with Gasteiger partial charge >= 0.3 is 0 Å². The average molecular weight is 283 g/mol. The summed E-state index contributed by atoms with van der Waals surface area (Å²) in [5.41, 5.74) is 7.99. The van der Waals surface area contributed by atoms with E-state index in [9.17, 15) is 4.79 Å². The molecule has 21 heavy (non-hydrogen) atoms. The van der Waals surface area contributed by atoms with E-state index in [1.165, 1.54) is 0 Å². The first-order chi connectivity index (χ1) is 10.1. The van der Waals surface area contributed by atoms with E-state index in [1.54, 1.807) is 24.3 Å². The van der Waals surface area contributed by atoms with Crippen LogP contribution in [0, 0.1) is 0 Å². The van der Waals surface area contributed by atoms with Crippen molar-refractivity contribution in [3.05, 3.63) is 65.7 Å². The largest absolute Gasteiger partial charge is 0.399 e. The lowest BCUT2D eigenvalue weighted by atomic mass is 10.1. The van der Waals surface area contributed by atoms with Gasteiger partial charge in [-0.1, -0.05) is 36.4 Å². The first-order valence-corrected chi connectivity index (χ1v) is 6.92. The molecule has 1 atom stereocenters. The van der Waals surface area contributed by atoms with Crippen LogP contribution in [-0.2, 0) is 0 Å². The molecule has 0 heterocycles. The van der Waals surface area contributed by atoms with Crippen LogP contribution in [-0.4, -0.2) is 31.4 Å². The van der Waals surface area contributed by atoms with E-state index < -0.39 is 0 Å². The van der Waals surface area contributed by atoms with Gasteiger partial charge in [-0.15, -0.1) is 0 Å². The standard InChI is InChI=1S/C17H21N3O/c1-20(2)12-16(13-7-4-3-5-8-13)19-17(21)14-9-6-10-15(18)11-14/h3-11,16H,12,18H2,1-2H3,(H,19,21). The Labute approximate surface area is 125 Å². The van der Waals surface area contributed by atoms with E-state index in [0.29, 0.717) is 11.3 Å². The molecule has 3 N–H and O–H groups in total. The molecule has 0 aliphatic carbocycles. The van der Waals surface area contributed by atoms with Crippen molar-refractivity contribution in [2.75, 3.05) is 26.4 Å². The summed E-state index contributed by atoms with van der Waals surface area (Å²) in [5.74, 6) is -0.113. The molecule has 0 radical (unpaired) electrons. The molecule has 0 saturated carbocycles. The number of carbonyl (C=O) groups is 1. The monoisotopic (exact) mass is 283 g/mol. The van der Waals surface area contributed by atoms with Crippen LogP contribution >= 0.6 is 0 Å². The fraction of sp³-hybridized carbons (Fsp3) is 0.235. The summed E-state index contributed by atoms with van der Waals surface area (Å²) in [6.07, 6.45) is 0. The molecule has 0 bridgehead atoms. The molecule has 0 aliphatic rings. The highest BCUT2D eigenvalue weighted by Crippen LogP contribution is 2.15. The first-order valence-electron chi connectivity index (χ1n) is 6.92. The lowest BCUT2D eigenvalue weighted by Gasteiger charge is -2.23. The van der Waals surface area contributed by atoms with Gasteiger partial charge in [0.15, 0.2) is 0 Å². The lowest BCUT2D eigenvalue weighted by molar-refractivity contribution is 0.0930. The third-order valence-electron chi connectivity index (χ3n) is 3.20. The van der Waals surface area contributed by atoms with E-state index in [-0.39, 0.29) is 11.9 Å². The predicted octanol–water partition coefficient (Wildman–Crippen LogP) is 2.30. The highest BCUT2D eigenvalue weighted by atomic mass is 16.1. The molecule has 2 rings (SSSR count). The number of likely N-dealkylation sites (N-methyl/N-ethyl adjacent to an activating group) is 1. The summed E-state index contributed by atoms with van der Waals surface area (Å²) >= 11 is 0. The van der Waals surface area contributed by atoms with Gasteiger partial charge in [-0.05, 0) is 37.9 Å². The summed E-state index contributed by atoms with van der Waals surface area (Å²) in [5, 5.41) is 3.07. The maximum Gasteiger partial charge on any atom is 0.251 e. The van der Waals surface area contributed by atoms with Crippen molar-refractivity contribution in [3.8, 4) is 0 Å². The fourth-order valence-electron chi connectivity index (χ4n) is 2.21. The Kier molecular flexibility index (Phi) is 4.95. The van der Waals surface area contributed by atoms with Gasteiger partial charge in [0.25, 0.3) is 5.91 Å². The highest BCUT2D eigenvalue weighted by Gasteiger charge is 2.16. The zero-order chi connectivity index (χ0) is 15.2. The quantitative estimate of drug-likeness (QED) is 0.828. The van der Waals surface area contributed by atoms with Crippen molar-refractivity contribution in [3.63, 3.8) is 0 Å². The van der Waals surface area contributed by atoms with Crippen LogP contribution in [0.5, 0.6) is 0 Å². The van der Waals surface area contributed by atoms with Gasteiger partial charge in [-0.3, -0.25) is 4.79 Å². The number of nitrogens with two attached hydrogens (primary N) is 1. The van der Waals surface area contributed by atoms with Crippen molar-refractivity contribution in [1.82, 2.24) is 10.2 Å². The number of nitrogens with one attached hydrogen (secondary N) is 1. The van der Waals surface area contributed by atoms with Gasteiger partial charge in [-0.25, -0.2) is 0 Å². The molecule has 2 aromatic rings. The minimum absolute atomic E-state index is 0.0601. The number of amides is 1. The molecule has 4 heteroatoms. The Morgan fingerprint density at radius 1 is 1.14 bits per heavy atom. The molecule has 0 aromatic heterocycles. The molecule has 2 aromatic carbocycles. The number of nitrogen functional groups attached to an aromatic ring is 1. The van der Waals surface area contributed by atoms with Crippen molar-refractivity contribution >= 4 is 11.6 Å². The molecule has 1 amide bonds. The third-order valence-corrected chi connectivity index (χ3v) is 3.20. The fourth-order valence-corrected chi connectivity index (χ4v) is 2.21. The Hall–Kier alpha value is -2.33. The van der Waals surface area contributed by atoms with Crippen LogP contribution in [0.15, 0.2) is 54.6 Å². The Morgan fingerprint density at radius 3 is 2.48 bits per heavy atom. The number of hydrogen-bond donors (Lipinski definition) is 2. The Balaban J connectivity index is 2.17. The molecule has 1 unspecified atom stereocenters. The molecule has 0 spiro atoms. The molecular formula is C17H21N3O. The topological polar surface area (TPSA) is 58.4 Å². The lowest BCUT2D eigenvalue weighted by Crippen LogP contribution is -2.35. The highest BCUT2D eigenvalue weighted by molar-refractivity contribution is 5.95. The number of rotatable bonds is 5. The van der Waals surface area contributed by atoms with Gasteiger partial charge < -0.3 is 16.0 Å². The summed E-state index contributed by atoms with van der Waals surface area (Å²) in [7, 11) is 3.98. The van der Waals surface area contributed by atoms with Crippen LogP contribution in [0.4, 0.5) is 5.69 Å². The zero-order valence-electron chi connectivity index (χ0n) is 12.4. The smallest absolute Gasteiger partial charge is 0.251 e. The summed E-state index contributed by atoms with van der Waals surface area (Å²) in [6.45, 7) is 0.734. The van der Waals surface area contributed by atoms with E-state index in [2.05, 4.69) is 10.2 Å². The van der Waals surface area contributed by atoms with Crippen LogP contribution in [0.1, 0.15) is 22.0 Å². The molecule has 0 saturated heterocycles. The Morgan fingerprint density at radius 2 is 1.86 bits per heavy atom. The summed E-state index contributed by atoms with van der Waals surface area (Å²) in [6, 6.07) is 16.9. The molecular weight excluding hydrogens is 262 g/mol. The third kappa shape index (κ3) is 4.33.